The number of thiophene rings is 1. The monoisotopic (exact) mass is 362 g/mol. The second-order valence-corrected chi connectivity index (χ2v) is 7.67. The fourth-order valence-electron chi connectivity index (χ4n) is 3.84. The van der Waals surface area contributed by atoms with Crippen molar-refractivity contribution in [3.05, 3.63) is 34.0 Å². The maximum Gasteiger partial charge on any atom is 0.307 e. The highest BCUT2D eigenvalue weighted by atomic mass is 32.1. The van der Waals surface area contributed by atoms with E-state index in [0.29, 0.717) is 5.56 Å². The maximum absolute atomic E-state index is 12.5. The molecule has 4 rings (SSSR count). The molecule has 1 aromatic heterocycles. The summed E-state index contributed by atoms with van der Waals surface area (Å²) >= 11 is 1.52. The fraction of sp³-hybridized carbons (Fsp3) is 0.500. The van der Waals surface area contributed by atoms with E-state index >= 15 is 0 Å². The Morgan fingerprint density at radius 3 is 2.44 bits per heavy atom. The lowest BCUT2D eigenvalue weighted by Gasteiger charge is -2.41. The molecule has 1 saturated carbocycles. The second kappa shape index (κ2) is 7.39. The first-order valence-electron chi connectivity index (χ1n) is 8.60. The minimum Gasteiger partial charge on any atom is -0.481 e. The number of carboxylic acid groups (broad SMARTS) is 1. The second-order valence-electron chi connectivity index (χ2n) is 6.67. The van der Waals surface area contributed by atoms with Crippen molar-refractivity contribution in [3.8, 4) is 0 Å². The molecular formula is C18H22N2O4S. The molecule has 0 aromatic carbocycles. The van der Waals surface area contributed by atoms with Crippen molar-refractivity contribution >= 4 is 29.1 Å². The van der Waals surface area contributed by atoms with E-state index in [-0.39, 0.29) is 17.7 Å². The number of nitrogens with one attached hydrogen (secondary N) is 2. The lowest BCUT2D eigenvalue weighted by atomic mass is 9.62. The number of carbonyl (C=O) groups is 3. The van der Waals surface area contributed by atoms with Crippen molar-refractivity contribution in [1.29, 1.82) is 0 Å². The van der Waals surface area contributed by atoms with Crippen LogP contribution in [0.1, 0.15) is 41.4 Å². The van der Waals surface area contributed by atoms with Gasteiger partial charge < -0.3 is 5.11 Å². The zero-order valence-corrected chi connectivity index (χ0v) is 14.8. The number of hydrogen-bond donors (Lipinski definition) is 3. The van der Waals surface area contributed by atoms with Gasteiger partial charge in [-0.15, -0.1) is 11.3 Å². The molecule has 7 heteroatoms. The van der Waals surface area contributed by atoms with Crippen molar-refractivity contribution in [1.82, 2.24) is 10.9 Å². The van der Waals surface area contributed by atoms with E-state index < -0.39 is 23.7 Å². The van der Waals surface area contributed by atoms with Crippen LogP contribution in [-0.2, 0) is 16.0 Å². The molecule has 2 bridgehead atoms. The average Bonchev–Trinajstić information content (AvgIpc) is 3.08. The van der Waals surface area contributed by atoms with Crippen LogP contribution >= 0.6 is 11.3 Å². The zero-order valence-electron chi connectivity index (χ0n) is 14.0. The standard InChI is InChI=1S/C18H22N2O4S/c1-2-3-13-8-12(9-25-13)16(21)19-20-17(22)14-10-4-6-11(7-5-10)15(14)18(23)24/h4,6,8-11,14-15H,2-3,5,7H2,1H3,(H,19,21)(H,20,22)(H,23,24)/t10-,11-,14-,15+/m0/s1. The van der Waals surface area contributed by atoms with Gasteiger partial charge in [-0.05, 0) is 37.2 Å². The highest BCUT2D eigenvalue weighted by molar-refractivity contribution is 7.10. The van der Waals surface area contributed by atoms with Crippen LogP contribution < -0.4 is 10.9 Å². The number of aryl methyl sites for hydroxylation is 1. The van der Waals surface area contributed by atoms with Crippen molar-refractivity contribution in [2.24, 2.45) is 23.7 Å². The third kappa shape index (κ3) is 3.61. The van der Waals surface area contributed by atoms with E-state index in [1.807, 2.05) is 18.2 Å². The normalized spacial score (nSPS) is 27.1. The molecule has 0 aliphatic heterocycles. The molecule has 4 atom stereocenters. The number of hydrazine groups is 1. The number of fused-ring (bicyclic) bond motifs is 2. The maximum atomic E-state index is 12.5. The number of carbonyl (C=O) groups excluding carboxylic acids is 2. The molecule has 0 saturated heterocycles. The van der Waals surface area contributed by atoms with E-state index in [9.17, 15) is 19.5 Å². The Morgan fingerprint density at radius 1 is 1.16 bits per heavy atom. The van der Waals surface area contributed by atoms with E-state index in [1.165, 1.54) is 11.3 Å². The van der Waals surface area contributed by atoms with Gasteiger partial charge in [0.15, 0.2) is 0 Å². The van der Waals surface area contributed by atoms with E-state index in [4.69, 9.17) is 0 Å². The topological polar surface area (TPSA) is 95.5 Å². The molecule has 3 N–H and O–H groups in total. The number of amides is 2. The predicted molar refractivity (Wildman–Crippen MR) is 93.9 cm³/mol. The summed E-state index contributed by atoms with van der Waals surface area (Å²) in [6.45, 7) is 2.07. The minimum atomic E-state index is -0.951. The van der Waals surface area contributed by atoms with Crippen molar-refractivity contribution in [2.45, 2.75) is 32.6 Å². The minimum absolute atomic E-state index is 0.0830. The molecule has 1 aromatic rings. The fourth-order valence-corrected chi connectivity index (χ4v) is 4.81. The largest absolute Gasteiger partial charge is 0.481 e. The third-order valence-corrected chi connectivity index (χ3v) is 6.04. The van der Waals surface area contributed by atoms with Crippen LogP contribution in [-0.4, -0.2) is 22.9 Å². The van der Waals surface area contributed by atoms with Crippen LogP contribution in [0.15, 0.2) is 23.6 Å². The number of aliphatic carboxylic acids is 1. The molecule has 6 nitrogen and oxygen atoms in total. The summed E-state index contributed by atoms with van der Waals surface area (Å²) in [5.74, 6) is -3.31. The van der Waals surface area contributed by atoms with Gasteiger partial charge in [0.05, 0.1) is 17.4 Å². The van der Waals surface area contributed by atoms with Crippen LogP contribution in [0, 0.1) is 23.7 Å². The highest BCUT2D eigenvalue weighted by Crippen LogP contribution is 2.44. The van der Waals surface area contributed by atoms with Gasteiger partial charge in [0.1, 0.15) is 0 Å². The Labute approximate surface area is 150 Å². The lowest BCUT2D eigenvalue weighted by molar-refractivity contribution is -0.153. The Bertz CT molecular complexity index is 712. The average molecular weight is 362 g/mol. The smallest absolute Gasteiger partial charge is 0.307 e. The zero-order chi connectivity index (χ0) is 18.0. The van der Waals surface area contributed by atoms with Crippen LogP contribution in [0.5, 0.6) is 0 Å². The Kier molecular flexibility index (Phi) is 5.22. The van der Waals surface area contributed by atoms with Crippen LogP contribution in [0.25, 0.3) is 0 Å². The van der Waals surface area contributed by atoms with Gasteiger partial charge in [-0.3, -0.25) is 25.2 Å². The van der Waals surface area contributed by atoms with E-state index in [0.717, 1.165) is 30.6 Å². The first kappa shape index (κ1) is 17.7. The molecule has 0 radical (unpaired) electrons. The molecule has 0 unspecified atom stereocenters. The van der Waals surface area contributed by atoms with Gasteiger partial charge in [0.2, 0.25) is 5.91 Å². The third-order valence-electron chi connectivity index (χ3n) is 5.05. The molecule has 0 spiro atoms. The summed E-state index contributed by atoms with van der Waals surface area (Å²) < 4.78 is 0. The van der Waals surface area contributed by atoms with Crippen molar-refractivity contribution in [2.75, 3.05) is 0 Å². The number of rotatable bonds is 5. The quantitative estimate of drug-likeness (QED) is 0.553. The summed E-state index contributed by atoms with van der Waals surface area (Å²) in [5.41, 5.74) is 5.36. The molecule has 2 amide bonds. The predicted octanol–water partition coefficient (Wildman–Crippen LogP) is 2.37. The van der Waals surface area contributed by atoms with Gasteiger partial charge in [-0.1, -0.05) is 25.5 Å². The Hall–Kier alpha value is -2.15. The summed E-state index contributed by atoms with van der Waals surface area (Å²) in [4.78, 5) is 37.4. The van der Waals surface area contributed by atoms with Gasteiger partial charge in [0, 0.05) is 10.3 Å². The van der Waals surface area contributed by atoms with Crippen LogP contribution in [0.4, 0.5) is 0 Å². The first-order valence-corrected chi connectivity index (χ1v) is 9.48. The molecule has 134 valence electrons. The summed E-state index contributed by atoms with van der Waals surface area (Å²) in [6, 6.07) is 1.82. The van der Waals surface area contributed by atoms with Crippen molar-refractivity contribution in [3.63, 3.8) is 0 Å². The number of hydrogen-bond acceptors (Lipinski definition) is 4. The highest BCUT2D eigenvalue weighted by Gasteiger charge is 2.48. The first-order chi connectivity index (χ1) is 12.0. The molecule has 25 heavy (non-hydrogen) atoms. The molecule has 1 fully saturated rings. The van der Waals surface area contributed by atoms with Gasteiger partial charge in [0.25, 0.3) is 5.91 Å². The van der Waals surface area contributed by atoms with Gasteiger partial charge >= 0.3 is 5.97 Å². The Morgan fingerprint density at radius 2 is 1.84 bits per heavy atom. The molecule has 3 aliphatic carbocycles. The molecule has 1 heterocycles. The lowest BCUT2D eigenvalue weighted by Crippen LogP contribution is -2.53. The summed E-state index contributed by atoms with van der Waals surface area (Å²) in [6.07, 6.45) is 7.38. The van der Waals surface area contributed by atoms with Gasteiger partial charge in [-0.25, -0.2) is 0 Å². The number of carboxylic acids is 1. The summed E-state index contributed by atoms with van der Waals surface area (Å²) in [5, 5.41) is 11.3. The van der Waals surface area contributed by atoms with Crippen LogP contribution in [0.3, 0.4) is 0 Å². The van der Waals surface area contributed by atoms with Crippen molar-refractivity contribution < 1.29 is 19.5 Å². The molecular weight excluding hydrogens is 340 g/mol. The summed E-state index contributed by atoms with van der Waals surface area (Å²) in [7, 11) is 0. The number of allylic oxidation sites excluding steroid dienone is 2. The van der Waals surface area contributed by atoms with E-state index in [1.54, 1.807) is 5.38 Å². The Balaban J connectivity index is 1.62. The SMILES string of the molecule is CCCc1cc(C(=O)NNC(=O)[C@@H]2[C@H](C(=O)O)[C@H]3C=C[C@H]2CC3)cs1. The van der Waals surface area contributed by atoms with Gasteiger partial charge in [-0.2, -0.15) is 0 Å². The van der Waals surface area contributed by atoms with E-state index in [2.05, 4.69) is 17.8 Å². The molecule has 3 aliphatic rings. The van der Waals surface area contributed by atoms with Crippen LogP contribution in [0.2, 0.25) is 0 Å².